The maximum absolute atomic E-state index is 6.35. The Balaban J connectivity index is 2.05. The summed E-state index contributed by atoms with van der Waals surface area (Å²) in [6, 6.07) is 14.1. The number of halogens is 1. The molecule has 0 fully saturated rings. The van der Waals surface area contributed by atoms with Gasteiger partial charge in [0.05, 0.1) is 6.04 Å². The van der Waals surface area contributed by atoms with Gasteiger partial charge in [0.1, 0.15) is 11.3 Å². The molecule has 2 nitrogen and oxygen atoms in total. The van der Waals surface area contributed by atoms with E-state index in [9.17, 15) is 0 Å². The number of aryl methyl sites for hydroxylation is 2. The molecule has 0 aliphatic rings. The van der Waals surface area contributed by atoms with Crippen molar-refractivity contribution in [1.82, 2.24) is 0 Å². The van der Waals surface area contributed by atoms with E-state index in [-0.39, 0.29) is 6.04 Å². The van der Waals surface area contributed by atoms with Crippen LogP contribution in [0.25, 0.3) is 11.0 Å². The molecule has 3 heteroatoms. The highest BCUT2D eigenvalue weighted by Crippen LogP contribution is 2.31. The Labute approximate surface area is 126 Å². The van der Waals surface area contributed by atoms with Crippen LogP contribution in [0, 0.1) is 13.8 Å². The van der Waals surface area contributed by atoms with Crippen molar-refractivity contribution in [3.63, 3.8) is 0 Å². The highest BCUT2D eigenvalue weighted by molar-refractivity contribution is 9.10. The molecule has 2 N–H and O–H groups in total. The van der Waals surface area contributed by atoms with Gasteiger partial charge in [-0.2, -0.15) is 0 Å². The topological polar surface area (TPSA) is 39.2 Å². The quantitative estimate of drug-likeness (QED) is 0.729. The van der Waals surface area contributed by atoms with E-state index < -0.39 is 0 Å². The summed E-state index contributed by atoms with van der Waals surface area (Å²) < 4.78 is 6.89. The minimum atomic E-state index is -0.266. The maximum atomic E-state index is 6.35. The predicted molar refractivity (Wildman–Crippen MR) is 85.9 cm³/mol. The van der Waals surface area contributed by atoms with Crippen molar-refractivity contribution >= 4 is 26.9 Å². The molecule has 20 heavy (non-hydrogen) atoms. The van der Waals surface area contributed by atoms with Crippen LogP contribution in [0.1, 0.15) is 28.5 Å². The molecular weight excluding hydrogens is 314 g/mol. The molecule has 3 rings (SSSR count). The molecule has 0 radical (unpaired) electrons. The fourth-order valence-electron chi connectivity index (χ4n) is 2.37. The van der Waals surface area contributed by atoms with Crippen LogP contribution >= 0.6 is 15.9 Å². The minimum Gasteiger partial charge on any atom is -0.459 e. The number of nitrogens with two attached hydrogens (primary N) is 1. The predicted octanol–water partition coefficient (Wildman–Crippen LogP) is 4.86. The number of furan rings is 1. The Hall–Kier alpha value is -1.58. The second-order valence-electron chi connectivity index (χ2n) is 5.19. The van der Waals surface area contributed by atoms with Crippen LogP contribution in [0.4, 0.5) is 0 Å². The Morgan fingerprint density at radius 3 is 2.45 bits per heavy atom. The van der Waals surface area contributed by atoms with Crippen LogP contribution in [-0.2, 0) is 0 Å². The van der Waals surface area contributed by atoms with Gasteiger partial charge in [0, 0.05) is 9.86 Å². The summed E-state index contributed by atoms with van der Waals surface area (Å²) >= 11 is 3.58. The summed E-state index contributed by atoms with van der Waals surface area (Å²) in [5.41, 5.74) is 10.7. The SMILES string of the molecule is Cc1ccc(C(N)c2cc3cc(C)ccc3o2)c(Br)c1. The van der Waals surface area contributed by atoms with Gasteiger partial charge in [0.2, 0.25) is 0 Å². The standard InChI is InChI=1S/C17H16BrNO/c1-10-4-6-15-12(7-10)9-16(20-15)17(19)13-5-3-11(2)8-14(13)18/h3-9,17H,19H2,1-2H3. The van der Waals surface area contributed by atoms with Gasteiger partial charge < -0.3 is 10.2 Å². The Morgan fingerprint density at radius 1 is 1.00 bits per heavy atom. The van der Waals surface area contributed by atoms with Crippen LogP contribution in [0.5, 0.6) is 0 Å². The number of rotatable bonds is 2. The molecule has 0 bridgehead atoms. The molecule has 1 atom stereocenters. The average molecular weight is 330 g/mol. The van der Waals surface area contributed by atoms with Gasteiger partial charge in [-0.05, 0) is 49.2 Å². The highest BCUT2D eigenvalue weighted by atomic mass is 79.9. The van der Waals surface area contributed by atoms with Gasteiger partial charge in [-0.3, -0.25) is 0 Å². The molecule has 3 aromatic rings. The van der Waals surface area contributed by atoms with E-state index in [0.29, 0.717) is 0 Å². The lowest BCUT2D eigenvalue weighted by molar-refractivity contribution is 0.524. The molecule has 2 aromatic carbocycles. The van der Waals surface area contributed by atoms with Crippen molar-refractivity contribution in [3.8, 4) is 0 Å². The van der Waals surface area contributed by atoms with Crippen LogP contribution in [0.2, 0.25) is 0 Å². The molecule has 1 aromatic heterocycles. The Bertz CT molecular complexity index is 776. The molecule has 0 spiro atoms. The molecular formula is C17H16BrNO. The van der Waals surface area contributed by atoms with Crippen molar-refractivity contribution in [1.29, 1.82) is 0 Å². The summed E-state index contributed by atoms with van der Waals surface area (Å²) in [5, 5.41) is 1.10. The molecule has 0 saturated carbocycles. The van der Waals surface area contributed by atoms with Gasteiger partial charge in [0.15, 0.2) is 0 Å². The van der Waals surface area contributed by atoms with Crippen molar-refractivity contribution in [2.24, 2.45) is 5.73 Å². The normalized spacial score (nSPS) is 12.8. The zero-order chi connectivity index (χ0) is 14.3. The van der Waals surface area contributed by atoms with Gasteiger partial charge in [0.25, 0.3) is 0 Å². The minimum absolute atomic E-state index is 0.266. The first-order valence-corrected chi connectivity index (χ1v) is 7.35. The van der Waals surface area contributed by atoms with Crippen molar-refractivity contribution < 1.29 is 4.42 Å². The van der Waals surface area contributed by atoms with Gasteiger partial charge in [-0.15, -0.1) is 0 Å². The van der Waals surface area contributed by atoms with Crippen molar-refractivity contribution in [2.75, 3.05) is 0 Å². The average Bonchev–Trinajstić information content (AvgIpc) is 2.81. The van der Waals surface area contributed by atoms with Crippen molar-refractivity contribution in [3.05, 3.63) is 69.4 Å². The largest absolute Gasteiger partial charge is 0.459 e. The Morgan fingerprint density at radius 2 is 1.70 bits per heavy atom. The zero-order valence-electron chi connectivity index (χ0n) is 11.5. The number of benzene rings is 2. The molecule has 102 valence electrons. The summed E-state index contributed by atoms with van der Waals surface area (Å²) in [4.78, 5) is 0. The number of hydrogen-bond donors (Lipinski definition) is 1. The fraction of sp³-hybridized carbons (Fsp3) is 0.176. The van der Waals surface area contributed by atoms with E-state index in [1.165, 1.54) is 11.1 Å². The monoisotopic (exact) mass is 329 g/mol. The summed E-state index contributed by atoms with van der Waals surface area (Å²) in [6.45, 7) is 4.13. The first kappa shape index (κ1) is 13.4. The van der Waals surface area contributed by atoms with Crippen LogP contribution in [0.15, 0.2) is 51.4 Å². The van der Waals surface area contributed by atoms with E-state index in [0.717, 1.165) is 26.8 Å². The van der Waals surface area contributed by atoms with Crippen molar-refractivity contribution in [2.45, 2.75) is 19.9 Å². The molecule has 0 saturated heterocycles. The van der Waals surface area contributed by atoms with Crippen LogP contribution in [0.3, 0.4) is 0 Å². The summed E-state index contributed by atoms with van der Waals surface area (Å²) in [6.07, 6.45) is 0. The van der Waals surface area contributed by atoms with E-state index >= 15 is 0 Å². The second kappa shape index (κ2) is 5.08. The third-order valence-electron chi connectivity index (χ3n) is 3.49. The molecule has 0 aliphatic carbocycles. The van der Waals surface area contributed by atoms with Gasteiger partial charge in [-0.1, -0.05) is 39.7 Å². The first-order valence-electron chi connectivity index (χ1n) is 6.56. The number of hydrogen-bond acceptors (Lipinski definition) is 2. The smallest absolute Gasteiger partial charge is 0.134 e. The summed E-state index contributed by atoms with van der Waals surface area (Å²) in [7, 11) is 0. The maximum Gasteiger partial charge on any atom is 0.134 e. The number of fused-ring (bicyclic) bond motifs is 1. The van der Waals surface area contributed by atoms with E-state index in [4.69, 9.17) is 10.2 Å². The lowest BCUT2D eigenvalue weighted by Crippen LogP contribution is -2.11. The zero-order valence-corrected chi connectivity index (χ0v) is 13.1. The second-order valence-corrected chi connectivity index (χ2v) is 6.05. The first-order chi connectivity index (χ1) is 9.54. The lowest BCUT2D eigenvalue weighted by Gasteiger charge is -2.11. The lowest BCUT2D eigenvalue weighted by atomic mass is 10.0. The van der Waals surface area contributed by atoms with E-state index in [1.807, 2.05) is 24.3 Å². The highest BCUT2D eigenvalue weighted by Gasteiger charge is 2.16. The van der Waals surface area contributed by atoms with E-state index in [1.54, 1.807) is 0 Å². The molecule has 1 unspecified atom stereocenters. The molecule has 0 aliphatic heterocycles. The molecule has 0 amide bonds. The fourth-order valence-corrected chi connectivity index (χ4v) is 3.11. The third-order valence-corrected chi connectivity index (χ3v) is 4.18. The van der Waals surface area contributed by atoms with Gasteiger partial charge >= 0.3 is 0 Å². The van der Waals surface area contributed by atoms with Gasteiger partial charge in [-0.25, -0.2) is 0 Å². The van der Waals surface area contributed by atoms with E-state index in [2.05, 4.69) is 48.0 Å². The molecule has 1 heterocycles. The third kappa shape index (κ3) is 2.39. The van der Waals surface area contributed by atoms with Crippen LogP contribution < -0.4 is 5.73 Å². The Kier molecular flexibility index (Phi) is 3.40. The summed E-state index contributed by atoms with van der Waals surface area (Å²) in [5.74, 6) is 0.787. The van der Waals surface area contributed by atoms with Crippen LogP contribution in [-0.4, -0.2) is 0 Å².